The van der Waals surface area contributed by atoms with Crippen LogP contribution in [0.25, 0.3) is 0 Å². The maximum atomic E-state index is 13.2. The maximum absolute atomic E-state index is 13.2. The molecule has 2 heterocycles. The zero-order valence-electron chi connectivity index (χ0n) is 19.3. The van der Waals surface area contributed by atoms with Gasteiger partial charge in [-0.15, -0.1) is 0 Å². The lowest BCUT2D eigenvalue weighted by molar-refractivity contribution is -0.126. The lowest BCUT2D eigenvalue weighted by atomic mass is 9.84. The van der Waals surface area contributed by atoms with Crippen LogP contribution in [0, 0.1) is 5.92 Å². The molecule has 0 aromatic heterocycles. The first kappa shape index (κ1) is 23.1. The molecule has 2 atom stereocenters. The summed E-state index contributed by atoms with van der Waals surface area (Å²) in [5.74, 6) is 0.507. The number of benzene rings is 2. The number of urea groups is 1. The van der Waals surface area contributed by atoms with E-state index in [0.29, 0.717) is 31.1 Å². The van der Waals surface area contributed by atoms with Crippen molar-refractivity contribution in [2.75, 3.05) is 51.7 Å². The summed E-state index contributed by atoms with van der Waals surface area (Å²) in [6.45, 7) is 4.75. The van der Waals surface area contributed by atoms with Crippen molar-refractivity contribution in [3.63, 3.8) is 0 Å². The Hall–Kier alpha value is -3.06. The second-order valence-electron chi connectivity index (χ2n) is 8.92. The highest BCUT2D eigenvalue weighted by Gasteiger charge is 2.34. The van der Waals surface area contributed by atoms with E-state index in [-0.39, 0.29) is 23.8 Å². The number of piperidine rings is 1. The van der Waals surface area contributed by atoms with Crippen LogP contribution in [0.1, 0.15) is 30.7 Å². The maximum Gasteiger partial charge on any atom is 0.321 e. The first-order valence-corrected chi connectivity index (χ1v) is 11.9. The molecular weight excluding hydrogens is 416 g/mol. The third kappa shape index (κ3) is 6.05. The molecular formula is C26H34N4O3. The fourth-order valence-corrected chi connectivity index (χ4v) is 4.85. The van der Waals surface area contributed by atoms with Crippen LogP contribution in [0.3, 0.4) is 0 Å². The van der Waals surface area contributed by atoms with Crippen LogP contribution in [0.15, 0.2) is 54.6 Å². The fourth-order valence-electron chi connectivity index (χ4n) is 4.85. The van der Waals surface area contributed by atoms with Crippen molar-refractivity contribution in [1.82, 2.24) is 15.1 Å². The standard InChI is InChI=1S/C26H34N4O3/c1-33-24-12-6-5-11-23(24)28-26(32)30-18-21(20-9-3-2-4-10-20)17-22(19-30)25(31)27-13-16-29-14-7-8-15-29/h2-6,9-12,21-22H,7-8,13-19H2,1H3,(H,27,31)(H,28,32). The van der Waals surface area contributed by atoms with Crippen LogP contribution in [0.2, 0.25) is 0 Å². The highest BCUT2D eigenvalue weighted by atomic mass is 16.5. The molecule has 0 saturated carbocycles. The van der Waals surface area contributed by atoms with Crippen molar-refractivity contribution in [3.05, 3.63) is 60.2 Å². The largest absolute Gasteiger partial charge is 0.495 e. The fraction of sp³-hybridized carbons (Fsp3) is 0.462. The molecule has 2 N–H and O–H groups in total. The van der Waals surface area contributed by atoms with Crippen LogP contribution in [-0.2, 0) is 4.79 Å². The number of hydrogen-bond donors (Lipinski definition) is 2. The average molecular weight is 451 g/mol. The number of nitrogens with zero attached hydrogens (tertiary/aromatic N) is 2. The molecule has 2 aliphatic rings. The van der Waals surface area contributed by atoms with Gasteiger partial charge >= 0.3 is 6.03 Å². The van der Waals surface area contributed by atoms with Gasteiger partial charge in [0.1, 0.15) is 5.75 Å². The number of nitrogens with one attached hydrogen (secondary N) is 2. The zero-order valence-corrected chi connectivity index (χ0v) is 19.3. The molecule has 0 radical (unpaired) electrons. The van der Waals surface area contributed by atoms with Gasteiger partial charge in [-0.1, -0.05) is 42.5 Å². The van der Waals surface area contributed by atoms with Crippen LogP contribution >= 0.6 is 0 Å². The van der Waals surface area contributed by atoms with Gasteiger partial charge in [0.05, 0.1) is 18.7 Å². The molecule has 33 heavy (non-hydrogen) atoms. The number of rotatable bonds is 7. The minimum atomic E-state index is -0.244. The number of hydrogen-bond acceptors (Lipinski definition) is 4. The van der Waals surface area contributed by atoms with E-state index in [0.717, 1.165) is 31.6 Å². The number of carbonyl (C=O) groups excluding carboxylic acids is 2. The quantitative estimate of drug-likeness (QED) is 0.677. The Labute approximate surface area is 196 Å². The van der Waals surface area contributed by atoms with Crippen molar-refractivity contribution in [2.45, 2.75) is 25.2 Å². The summed E-state index contributed by atoms with van der Waals surface area (Å²) in [6, 6.07) is 17.3. The topological polar surface area (TPSA) is 73.9 Å². The van der Waals surface area contributed by atoms with Gasteiger partial charge in [-0.2, -0.15) is 0 Å². The molecule has 0 bridgehead atoms. The molecule has 7 heteroatoms. The van der Waals surface area contributed by atoms with E-state index >= 15 is 0 Å². The van der Waals surface area contributed by atoms with Crippen molar-refractivity contribution in [1.29, 1.82) is 0 Å². The smallest absolute Gasteiger partial charge is 0.321 e. The third-order valence-electron chi connectivity index (χ3n) is 6.65. The van der Waals surface area contributed by atoms with Gasteiger partial charge < -0.3 is 25.2 Å². The molecule has 176 valence electrons. The summed E-state index contributed by atoms with van der Waals surface area (Å²) < 4.78 is 5.37. The summed E-state index contributed by atoms with van der Waals surface area (Å²) in [4.78, 5) is 30.4. The average Bonchev–Trinajstić information content (AvgIpc) is 3.38. The van der Waals surface area contributed by atoms with Gasteiger partial charge in [-0.25, -0.2) is 4.79 Å². The Balaban J connectivity index is 1.43. The van der Waals surface area contributed by atoms with Gasteiger partial charge in [-0.05, 0) is 50.0 Å². The molecule has 0 spiro atoms. The summed E-state index contributed by atoms with van der Waals surface area (Å²) in [5, 5.41) is 6.09. The number of para-hydroxylation sites is 2. The van der Waals surface area contributed by atoms with E-state index in [1.165, 1.54) is 12.8 Å². The highest BCUT2D eigenvalue weighted by molar-refractivity contribution is 5.91. The number of carbonyl (C=O) groups is 2. The Kier molecular flexibility index (Phi) is 7.83. The van der Waals surface area contributed by atoms with E-state index in [4.69, 9.17) is 4.74 Å². The predicted molar refractivity (Wildman–Crippen MR) is 130 cm³/mol. The summed E-state index contributed by atoms with van der Waals surface area (Å²) >= 11 is 0. The molecule has 4 rings (SSSR count). The summed E-state index contributed by atoms with van der Waals surface area (Å²) in [7, 11) is 1.58. The first-order chi connectivity index (χ1) is 16.1. The predicted octanol–water partition coefficient (Wildman–Crippen LogP) is 3.54. The second kappa shape index (κ2) is 11.2. The van der Waals surface area contributed by atoms with Crippen molar-refractivity contribution in [2.24, 2.45) is 5.92 Å². The molecule has 2 unspecified atom stereocenters. The van der Waals surface area contributed by atoms with Crippen molar-refractivity contribution < 1.29 is 14.3 Å². The van der Waals surface area contributed by atoms with E-state index in [9.17, 15) is 9.59 Å². The minimum absolute atomic E-state index is 0.0323. The third-order valence-corrected chi connectivity index (χ3v) is 6.65. The lowest BCUT2D eigenvalue weighted by Crippen LogP contribution is -2.50. The first-order valence-electron chi connectivity index (χ1n) is 11.9. The highest BCUT2D eigenvalue weighted by Crippen LogP contribution is 2.31. The normalized spacial score (nSPS) is 20.9. The number of amides is 3. The van der Waals surface area contributed by atoms with Crippen molar-refractivity contribution >= 4 is 17.6 Å². The SMILES string of the molecule is COc1ccccc1NC(=O)N1CC(C(=O)NCCN2CCCC2)CC(c2ccccc2)C1. The Morgan fingerprint density at radius 3 is 2.48 bits per heavy atom. The zero-order chi connectivity index (χ0) is 23.0. The monoisotopic (exact) mass is 450 g/mol. The molecule has 7 nitrogen and oxygen atoms in total. The molecule has 2 aromatic carbocycles. The van der Waals surface area contributed by atoms with Gasteiger partial charge in [0.2, 0.25) is 5.91 Å². The molecule has 2 saturated heterocycles. The minimum Gasteiger partial charge on any atom is -0.495 e. The molecule has 2 aromatic rings. The van der Waals surface area contributed by atoms with Crippen LogP contribution < -0.4 is 15.4 Å². The molecule has 0 aliphatic carbocycles. The summed E-state index contributed by atoms with van der Waals surface area (Å²) in [5.41, 5.74) is 1.78. The van der Waals surface area contributed by atoms with E-state index < -0.39 is 0 Å². The van der Waals surface area contributed by atoms with Crippen LogP contribution in [0.5, 0.6) is 5.75 Å². The summed E-state index contributed by atoms with van der Waals surface area (Å²) in [6.07, 6.45) is 3.22. The molecule has 2 aliphatic heterocycles. The van der Waals surface area contributed by atoms with Gasteiger partial charge in [0, 0.05) is 32.1 Å². The van der Waals surface area contributed by atoms with Gasteiger partial charge in [0.25, 0.3) is 0 Å². The van der Waals surface area contributed by atoms with E-state index in [1.54, 1.807) is 12.0 Å². The van der Waals surface area contributed by atoms with Gasteiger partial charge in [-0.3, -0.25) is 4.79 Å². The van der Waals surface area contributed by atoms with Gasteiger partial charge in [0.15, 0.2) is 0 Å². The van der Waals surface area contributed by atoms with Crippen LogP contribution in [-0.4, -0.2) is 68.1 Å². The number of methoxy groups -OCH3 is 1. The molecule has 3 amide bonds. The number of anilines is 1. The van der Waals surface area contributed by atoms with Crippen molar-refractivity contribution in [3.8, 4) is 5.75 Å². The van der Waals surface area contributed by atoms with E-state index in [2.05, 4.69) is 27.7 Å². The van der Waals surface area contributed by atoms with Crippen LogP contribution in [0.4, 0.5) is 10.5 Å². The van der Waals surface area contributed by atoms with E-state index in [1.807, 2.05) is 42.5 Å². The Morgan fingerprint density at radius 1 is 1.00 bits per heavy atom. The molecule has 2 fully saturated rings. The number of likely N-dealkylation sites (tertiary alicyclic amines) is 2. The second-order valence-corrected chi connectivity index (χ2v) is 8.92. The lowest BCUT2D eigenvalue weighted by Gasteiger charge is -2.37. The number of ether oxygens (including phenoxy) is 1. The Bertz CT molecular complexity index is 930. The Morgan fingerprint density at radius 2 is 1.73 bits per heavy atom.